The van der Waals surface area contributed by atoms with Gasteiger partial charge < -0.3 is 15.2 Å². The lowest BCUT2D eigenvalue weighted by molar-refractivity contribution is -0.136. The molecule has 5 nitrogen and oxygen atoms in total. The number of alkyl carbamates (subject to hydrolysis) is 1. The second-order valence-electron chi connectivity index (χ2n) is 7.68. The second-order valence-corrected chi connectivity index (χ2v) is 7.68. The van der Waals surface area contributed by atoms with Crippen LogP contribution in [-0.2, 0) is 16.0 Å². The van der Waals surface area contributed by atoms with Crippen molar-refractivity contribution in [2.45, 2.75) is 18.8 Å². The van der Waals surface area contributed by atoms with Crippen molar-refractivity contribution >= 4 is 12.1 Å². The first-order chi connectivity index (χ1) is 16.0. The zero-order valence-corrected chi connectivity index (χ0v) is 17.8. The summed E-state index contributed by atoms with van der Waals surface area (Å²) in [7, 11) is 0. The van der Waals surface area contributed by atoms with Gasteiger partial charge in [0, 0.05) is 24.4 Å². The van der Waals surface area contributed by atoms with Crippen molar-refractivity contribution in [2.75, 3.05) is 13.2 Å². The third-order valence-corrected chi connectivity index (χ3v) is 5.50. The topological polar surface area (TPSA) is 75.6 Å². The molecule has 0 heterocycles. The monoisotopic (exact) mass is 443 g/mol. The van der Waals surface area contributed by atoms with Crippen LogP contribution in [0.2, 0.25) is 0 Å². The molecule has 1 aliphatic carbocycles. The Labute approximate surface area is 191 Å². The second kappa shape index (κ2) is 10.0. The molecule has 2 N–H and O–H groups in total. The number of benzene rings is 3. The van der Waals surface area contributed by atoms with Crippen molar-refractivity contribution in [1.82, 2.24) is 5.32 Å². The number of halogens is 1. The molecule has 166 valence electrons. The SMILES string of the molecule is O=C(O)Cc1ccc(F)cc1C#CCCNC(=O)OCC1c2ccccc2-c2ccccc21. The number of aliphatic carboxylic acids is 1. The quantitative estimate of drug-likeness (QED) is 0.427. The summed E-state index contributed by atoms with van der Waals surface area (Å²) in [5.41, 5.74) is 5.39. The van der Waals surface area contributed by atoms with E-state index in [1.165, 1.54) is 18.2 Å². The number of carbonyl (C=O) groups excluding carboxylic acids is 1. The maximum atomic E-state index is 13.5. The van der Waals surface area contributed by atoms with Gasteiger partial charge in [-0.25, -0.2) is 9.18 Å². The average molecular weight is 443 g/mol. The summed E-state index contributed by atoms with van der Waals surface area (Å²) in [6, 6.07) is 20.1. The first-order valence-corrected chi connectivity index (χ1v) is 10.6. The Morgan fingerprint density at radius 1 is 1.00 bits per heavy atom. The first kappa shape index (κ1) is 22.1. The average Bonchev–Trinajstić information content (AvgIpc) is 3.12. The number of amides is 1. The van der Waals surface area contributed by atoms with Gasteiger partial charge in [-0.15, -0.1) is 0 Å². The van der Waals surface area contributed by atoms with E-state index < -0.39 is 17.9 Å². The molecule has 1 amide bonds. The van der Waals surface area contributed by atoms with E-state index in [-0.39, 0.29) is 25.5 Å². The van der Waals surface area contributed by atoms with Crippen LogP contribution in [0, 0.1) is 17.7 Å². The molecule has 0 spiro atoms. The summed E-state index contributed by atoms with van der Waals surface area (Å²) in [4.78, 5) is 23.1. The molecule has 0 radical (unpaired) electrons. The molecule has 0 bridgehead atoms. The van der Waals surface area contributed by atoms with E-state index in [0.29, 0.717) is 17.5 Å². The Hall–Kier alpha value is -4.11. The smallest absolute Gasteiger partial charge is 0.407 e. The molecule has 0 aliphatic heterocycles. The van der Waals surface area contributed by atoms with E-state index in [1.54, 1.807) is 0 Å². The number of fused-ring (bicyclic) bond motifs is 3. The number of carboxylic acid groups (broad SMARTS) is 1. The lowest BCUT2D eigenvalue weighted by Gasteiger charge is -2.14. The van der Waals surface area contributed by atoms with Crippen LogP contribution in [0.5, 0.6) is 0 Å². The van der Waals surface area contributed by atoms with Crippen LogP contribution in [0.4, 0.5) is 9.18 Å². The summed E-state index contributed by atoms with van der Waals surface area (Å²) in [6.45, 7) is 0.487. The third-order valence-electron chi connectivity index (χ3n) is 5.50. The molecule has 4 rings (SSSR count). The van der Waals surface area contributed by atoms with Gasteiger partial charge >= 0.3 is 12.1 Å². The lowest BCUT2D eigenvalue weighted by atomic mass is 9.98. The number of hydrogen-bond acceptors (Lipinski definition) is 3. The van der Waals surface area contributed by atoms with Crippen LogP contribution in [0.1, 0.15) is 34.6 Å². The predicted octanol–water partition coefficient (Wildman–Crippen LogP) is 4.73. The predicted molar refractivity (Wildman–Crippen MR) is 122 cm³/mol. The number of rotatable bonds is 6. The van der Waals surface area contributed by atoms with Gasteiger partial charge in [0.25, 0.3) is 0 Å². The van der Waals surface area contributed by atoms with Crippen LogP contribution >= 0.6 is 0 Å². The molecule has 1 aliphatic rings. The molecule has 0 saturated carbocycles. The summed E-state index contributed by atoms with van der Waals surface area (Å²) in [5, 5.41) is 11.6. The van der Waals surface area contributed by atoms with E-state index in [2.05, 4.69) is 41.4 Å². The van der Waals surface area contributed by atoms with E-state index in [9.17, 15) is 14.0 Å². The van der Waals surface area contributed by atoms with Gasteiger partial charge in [0.1, 0.15) is 12.4 Å². The van der Waals surface area contributed by atoms with E-state index in [1.807, 2.05) is 24.3 Å². The zero-order valence-electron chi connectivity index (χ0n) is 17.8. The normalized spacial score (nSPS) is 11.7. The first-order valence-electron chi connectivity index (χ1n) is 10.6. The Morgan fingerprint density at radius 2 is 1.67 bits per heavy atom. The standard InChI is InChI=1S/C27H22FNO4/c28-20-13-12-19(16-26(30)31)18(15-20)7-5-6-14-29-27(32)33-17-25-23-10-3-1-8-21(23)22-9-2-4-11-24(22)25/h1-4,8-13,15,25H,6,14,16-17H2,(H,29,32)(H,30,31). The van der Waals surface area contributed by atoms with Gasteiger partial charge in [-0.2, -0.15) is 0 Å². The molecular formula is C27H22FNO4. The zero-order chi connectivity index (χ0) is 23.2. The van der Waals surface area contributed by atoms with Crippen molar-refractivity contribution < 1.29 is 23.8 Å². The maximum absolute atomic E-state index is 13.5. The molecule has 3 aromatic carbocycles. The number of nitrogens with one attached hydrogen (secondary N) is 1. The highest BCUT2D eigenvalue weighted by Crippen LogP contribution is 2.44. The number of carbonyl (C=O) groups is 2. The van der Waals surface area contributed by atoms with Crippen molar-refractivity contribution in [3.8, 4) is 23.0 Å². The van der Waals surface area contributed by atoms with E-state index >= 15 is 0 Å². The number of hydrogen-bond donors (Lipinski definition) is 2. The summed E-state index contributed by atoms with van der Waals surface area (Å²) >= 11 is 0. The van der Waals surface area contributed by atoms with Crippen molar-refractivity contribution in [1.29, 1.82) is 0 Å². The van der Waals surface area contributed by atoms with Crippen LogP contribution in [0.15, 0.2) is 66.7 Å². The molecule has 0 saturated heterocycles. The molecule has 33 heavy (non-hydrogen) atoms. The highest BCUT2D eigenvalue weighted by molar-refractivity contribution is 5.79. The Morgan fingerprint density at radius 3 is 2.33 bits per heavy atom. The highest BCUT2D eigenvalue weighted by atomic mass is 19.1. The Kier molecular flexibility index (Phi) is 6.70. The Bertz CT molecular complexity index is 1210. The van der Waals surface area contributed by atoms with Gasteiger partial charge in [-0.05, 0) is 39.9 Å². The fraction of sp³-hybridized carbons (Fsp3) is 0.185. The minimum absolute atomic E-state index is 0.0106. The van der Waals surface area contributed by atoms with Crippen LogP contribution < -0.4 is 5.32 Å². The van der Waals surface area contributed by atoms with Crippen molar-refractivity contribution in [3.05, 3.63) is 94.8 Å². The molecule has 0 aromatic heterocycles. The van der Waals surface area contributed by atoms with Gasteiger partial charge in [-0.3, -0.25) is 4.79 Å². The molecular weight excluding hydrogens is 421 g/mol. The molecule has 6 heteroatoms. The van der Waals surface area contributed by atoms with Crippen LogP contribution in [-0.4, -0.2) is 30.3 Å². The van der Waals surface area contributed by atoms with Gasteiger partial charge in [0.05, 0.1) is 6.42 Å². The molecule has 3 aromatic rings. The van der Waals surface area contributed by atoms with E-state index in [0.717, 1.165) is 22.3 Å². The number of carboxylic acids is 1. The number of ether oxygens (including phenoxy) is 1. The van der Waals surface area contributed by atoms with E-state index in [4.69, 9.17) is 9.84 Å². The van der Waals surface area contributed by atoms with Gasteiger partial charge in [0.15, 0.2) is 0 Å². The fourth-order valence-corrected chi connectivity index (χ4v) is 4.02. The summed E-state index contributed by atoms with van der Waals surface area (Å²) in [6.07, 6.45) is -0.453. The minimum atomic E-state index is -1.01. The minimum Gasteiger partial charge on any atom is -0.481 e. The van der Waals surface area contributed by atoms with Crippen LogP contribution in [0.25, 0.3) is 11.1 Å². The summed E-state index contributed by atoms with van der Waals surface area (Å²) < 4.78 is 18.9. The summed E-state index contributed by atoms with van der Waals surface area (Å²) in [5.74, 6) is 4.12. The van der Waals surface area contributed by atoms with Crippen LogP contribution in [0.3, 0.4) is 0 Å². The van der Waals surface area contributed by atoms with Gasteiger partial charge in [0.2, 0.25) is 0 Å². The third kappa shape index (κ3) is 5.21. The van der Waals surface area contributed by atoms with Gasteiger partial charge in [-0.1, -0.05) is 66.4 Å². The highest BCUT2D eigenvalue weighted by Gasteiger charge is 2.28. The van der Waals surface area contributed by atoms with Crippen molar-refractivity contribution in [3.63, 3.8) is 0 Å². The van der Waals surface area contributed by atoms with Crippen molar-refractivity contribution in [2.24, 2.45) is 0 Å². The Balaban J connectivity index is 1.30. The lowest BCUT2D eigenvalue weighted by Crippen LogP contribution is -2.26. The molecule has 0 atom stereocenters. The fourth-order valence-electron chi connectivity index (χ4n) is 4.02. The largest absolute Gasteiger partial charge is 0.481 e. The molecule has 0 fully saturated rings. The maximum Gasteiger partial charge on any atom is 0.407 e. The molecule has 0 unspecified atom stereocenters.